The lowest BCUT2D eigenvalue weighted by atomic mass is 10.1. The predicted molar refractivity (Wildman–Crippen MR) is 66.3 cm³/mol. The van der Waals surface area contributed by atoms with Gasteiger partial charge in [-0.3, -0.25) is 4.99 Å². The van der Waals surface area contributed by atoms with Gasteiger partial charge >= 0.3 is 0 Å². The van der Waals surface area contributed by atoms with E-state index in [9.17, 15) is 0 Å². The molecule has 1 aliphatic rings. The van der Waals surface area contributed by atoms with Gasteiger partial charge in [-0.2, -0.15) is 0 Å². The van der Waals surface area contributed by atoms with Crippen molar-refractivity contribution in [1.29, 1.82) is 0 Å². The third kappa shape index (κ3) is 3.88. The van der Waals surface area contributed by atoms with Crippen LogP contribution in [0.4, 0.5) is 0 Å². The Morgan fingerprint density at radius 3 is 2.93 bits per heavy atom. The first-order chi connectivity index (χ1) is 7.27. The standard InChI is InChI=1S/C12H21N3/c1-4-6-10(2)12(13-3)15-11-7-5-8-14-9-11/h4,6,11,14H,1,5,7-9H2,2-3H3,(H,13,15)/b10-6-. The van der Waals surface area contributed by atoms with Crippen LogP contribution in [0.5, 0.6) is 0 Å². The molecule has 2 N–H and O–H groups in total. The number of allylic oxidation sites excluding steroid dienone is 2. The van der Waals surface area contributed by atoms with Crippen LogP contribution >= 0.6 is 0 Å². The SMILES string of the molecule is C=C/C=C(/C)C(=NC)NC1CCCNC1. The van der Waals surface area contributed by atoms with Gasteiger partial charge in [-0.15, -0.1) is 0 Å². The second-order valence-corrected chi connectivity index (χ2v) is 3.85. The molecule has 3 heteroatoms. The summed E-state index contributed by atoms with van der Waals surface area (Å²) in [4.78, 5) is 4.26. The lowest BCUT2D eigenvalue weighted by Crippen LogP contribution is -2.45. The molecule has 1 atom stereocenters. The lowest BCUT2D eigenvalue weighted by molar-refractivity contribution is 0.431. The van der Waals surface area contributed by atoms with Crippen molar-refractivity contribution in [2.75, 3.05) is 20.1 Å². The van der Waals surface area contributed by atoms with Gasteiger partial charge in [0.2, 0.25) is 0 Å². The highest BCUT2D eigenvalue weighted by Gasteiger charge is 2.14. The van der Waals surface area contributed by atoms with Crippen LogP contribution in [0.15, 0.2) is 29.3 Å². The van der Waals surface area contributed by atoms with E-state index in [4.69, 9.17) is 0 Å². The maximum atomic E-state index is 4.26. The first kappa shape index (κ1) is 12.0. The highest BCUT2D eigenvalue weighted by molar-refractivity contribution is 5.98. The molecule has 1 fully saturated rings. The summed E-state index contributed by atoms with van der Waals surface area (Å²) in [6.07, 6.45) is 6.22. The minimum Gasteiger partial charge on any atom is -0.366 e. The van der Waals surface area contributed by atoms with Crippen molar-refractivity contribution in [2.45, 2.75) is 25.8 Å². The van der Waals surface area contributed by atoms with Crippen molar-refractivity contribution in [3.8, 4) is 0 Å². The Balaban J connectivity index is 2.53. The third-order valence-electron chi connectivity index (χ3n) is 2.60. The Morgan fingerprint density at radius 1 is 1.60 bits per heavy atom. The molecule has 1 heterocycles. The van der Waals surface area contributed by atoms with Crippen LogP contribution in [0.2, 0.25) is 0 Å². The lowest BCUT2D eigenvalue weighted by Gasteiger charge is -2.25. The molecule has 0 radical (unpaired) electrons. The summed E-state index contributed by atoms with van der Waals surface area (Å²) < 4.78 is 0. The van der Waals surface area contributed by atoms with Crippen molar-refractivity contribution >= 4 is 5.84 Å². The van der Waals surface area contributed by atoms with Crippen molar-refractivity contribution in [3.05, 3.63) is 24.3 Å². The summed E-state index contributed by atoms with van der Waals surface area (Å²) in [7, 11) is 1.82. The molecule has 0 aromatic rings. The highest BCUT2D eigenvalue weighted by Crippen LogP contribution is 2.04. The van der Waals surface area contributed by atoms with E-state index in [-0.39, 0.29) is 0 Å². The van der Waals surface area contributed by atoms with Gasteiger partial charge in [0.25, 0.3) is 0 Å². The number of hydrogen-bond donors (Lipinski definition) is 2. The van der Waals surface area contributed by atoms with Crippen LogP contribution in [0, 0.1) is 0 Å². The van der Waals surface area contributed by atoms with E-state index >= 15 is 0 Å². The van der Waals surface area contributed by atoms with E-state index in [1.165, 1.54) is 12.8 Å². The molecule has 0 amide bonds. The second kappa shape index (κ2) is 6.40. The molecule has 0 aliphatic carbocycles. The molecule has 1 rings (SSSR count). The zero-order valence-corrected chi connectivity index (χ0v) is 9.71. The molecular weight excluding hydrogens is 186 g/mol. The van der Waals surface area contributed by atoms with Crippen LogP contribution < -0.4 is 10.6 Å². The summed E-state index contributed by atoms with van der Waals surface area (Å²) in [5, 5.41) is 6.84. The van der Waals surface area contributed by atoms with Gasteiger partial charge in [0.1, 0.15) is 5.84 Å². The molecule has 3 nitrogen and oxygen atoms in total. The average molecular weight is 207 g/mol. The molecular formula is C12H21N3. The Labute approximate surface area is 92.4 Å². The predicted octanol–water partition coefficient (Wildman–Crippen LogP) is 1.49. The van der Waals surface area contributed by atoms with E-state index in [1.807, 2.05) is 20.0 Å². The van der Waals surface area contributed by atoms with Gasteiger partial charge in [0, 0.05) is 19.6 Å². The van der Waals surface area contributed by atoms with Gasteiger partial charge in [0.05, 0.1) is 0 Å². The van der Waals surface area contributed by atoms with E-state index < -0.39 is 0 Å². The summed E-state index contributed by atoms with van der Waals surface area (Å²) in [6.45, 7) is 7.91. The minimum absolute atomic E-state index is 0.505. The van der Waals surface area contributed by atoms with Crippen molar-refractivity contribution in [3.63, 3.8) is 0 Å². The smallest absolute Gasteiger partial charge is 0.123 e. The Bertz CT molecular complexity index is 260. The largest absolute Gasteiger partial charge is 0.366 e. The fourth-order valence-electron chi connectivity index (χ4n) is 1.78. The molecule has 0 spiro atoms. The number of nitrogens with one attached hydrogen (secondary N) is 2. The fourth-order valence-corrected chi connectivity index (χ4v) is 1.78. The monoisotopic (exact) mass is 207 g/mol. The third-order valence-corrected chi connectivity index (χ3v) is 2.60. The van der Waals surface area contributed by atoms with E-state index in [0.29, 0.717) is 6.04 Å². The second-order valence-electron chi connectivity index (χ2n) is 3.85. The van der Waals surface area contributed by atoms with Gasteiger partial charge in [0.15, 0.2) is 0 Å². The van der Waals surface area contributed by atoms with Gasteiger partial charge in [-0.05, 0) is 31.9 Å². The molecule has 15 heavy (non-hydrogen) atoms. The summed E-state index contributed by atoms with van der Waals surface area (Å²) in [5.74, 6) is 0.976. The number of amidine groups is 1. The number of piperidine rings is 1. The summed E-state index contributed by atoms with van der Waals surface area (Å²) in [6, 6.07) is 0.505. The van der Waals surface area contributed by atoms with Crippen LogP contribution in [0.3, 0.4) is 0 Å². The first-order valence-electron chi connectivity index (χ1n) is 5.51. The molecule has 0 aromatic carbocycles. The zero-order valence-electron chi connectivity index (χ0n) is 9.71. The number of rotatable bonds is 3. The van der Waals surface area contributed by atoms with Gasteiger partial charge < -0.3 is 10.6 Å². The van der Waals surface area contributed by atoms with E-state index in [2.05, 4.69) is 22.2 Å². The topological polar surface area (TPSA) is 36.4 Å². The first-order valence-corrected chi connectivity index (χ1v) is 5.51. The molecule has 1 saturated heterocycles. The number of aliphatic imine (C=N–C) groups is 1. The van der Waals surface area contributed by atoms with Crippen molar-refractivity contribution < 1.29 is 0 Å². The maximum absolute atomic E-state index is 4.26. The molecule has 0 aromatic heterocycles. The quantitative estimate of drug-likeness (QED) is 0.418. The normalized spacial score (nSPS) is 23.7. The zero-order chi connectivity index (χ0) is 11.1. The average Bonchev–Trinajstić information content (AvgIpc) is 2.27. The molecule has 0 saturated carbocycles. The summed E-state index contributed by atoms with van der Waals surface area (Å²) in [5.41, 5.74) is 1.14. The number of hydrogen-bond acceptors (Lipinski definition) is 2. The maximum Gasteiger partial charge on any atom is 0.123 e. The van der Waals surface area contributed by atoms with Crippen LogP contribution in [0.25, 0.3) is 0 Å². The molecule has 1 aliphatic heterocycles. The fraction of sp³-hybridized carbons (Fsp3) is 0.583. The van der Waals surface area contributed by atoms with Crippen LogP contribution in [-0.2, 0) is 0 Å². The molecule has 84 valence electrons. The Hall–Kier alpha value is -1.09. The van der Waals surface area contributed by atoms with Crippen molar-refractivity contribution in [2.24, 2.45) is 4.99 Å². The van der Waals surface area contributed by atoms with Gasteiger partial charge in [-0.1, -0.05) is 18.7 Å². The number of nitrogens with zero attached hydrogens (tertiary/aromatic N) is 1. The molecule has 1 unspecified atom stereocenters. The van der Waals surface area contributed by atoms with E-state index in [0.717, 1.165) is 24.5 Å². The highest BCUT2D eigenvalue weighted by atomic mass is 15.1. The minimum atomic E-state index is 0.505. The van der Waals surface area contributed by atoms with Crippen LogP contribution in [0.1, 0.15) is 19.8 Å². The van der Waals surface area contributed by atoms with Gasteiger partial charge in [-0.25, -0.2) is 0 Å². The molecule has 0 bridgehead atoms. The summed E-state index contributed by atoms with van der Waals surface area (Å²) >= 11 is 0. The van der Waals surface area contributed by atoms with Crippen LogP contribution in [-0.4, -0.2) is 32.0 Å². The Morgan fingerprint density at radius 2 is 2.40 bits per heavy atom. The van der Waals surface area contributed by atoms with Crippen molar-refractivity contribution in [1.82, 2.24) is 10.6 Å². The Kier molecular flexibility index (Phi) is 5.12. The van der Waals surface area contributed by atoms with E-state index in [1.54, 1.807) is 6.08 Å².